The van der Waals surface area contributed by atoms with Crippen molar-refractivity contribution in [2.45, 2.75) is 19.3 Å². The number of aromatic nitrogens is 2. The molecule has 1 unspecified atom stereocenters. The van der Waals surface area contributed by atoms with Crippen molar-refractivity contribution in [1.82, 2.24) is 9.55 Å². The number of rotatable bonds is 5. The molecule has 0 saturated carbocycles. The van der Waals surface area contributed by atoms with Crippen molar-refractivity contribution in [1.29, 1.82) is 0 Å². The van der Waals surface area contributed by atoms with E-state index in [0.29, 0.717) is 11.8 Å². The fourth-order valence-electron chi connectivity index (χ4n) is 2.11. The lowest BCUT2D eigenvalue weighted by Gasteiger charge is -2.13. The third-order valence-corrected chi connectivity index (χ3v) is 3.59. The summed E-state index contributed by atoms with van der Waals surface area (Å²) < 4.78 is 8.39. The van der Waals surface area contributed by atoms with Crippen LogP contribution in [0.2, 0.25) is 0 Å². The van der Waals surface area contributed by atoms with Crippen LogP contribution >= 0.6 is 27.5 Å². The molecule has 0 radical (unpaired) electrons. The fourth-order valence-corrected chi connectivity index (χ4v) is 2.66. The highest BCUT2D eigenvalue weighted by Crippen LogP contribution is 2.22. The SMILES string of the molecule is COCC(C)Cn1c(CCl)nc2cc(Br)ccc21. The van der Waals surface area contributed by atoms with Gasteiger partial charge in [-0.1, -0.05) is 22.9 Å². The second kappa shape index (κ2) is 6.04. The van der Waals surface area contributed by atoms with Gasteiger partial charge >= 0.3 is 0 Å². The second-order valence-corrected chi connectivity index (χ2v) is 5.65. The zero-order valence-corrected chi connectivity index (χ0v) is 12.8. The van der Waals surface area contributed by atoms with Gasteiger partial charge < -0.3 is 9.30 Å². The largest absolute Gasteiger partial charge is 0.384 e. The number of benzene rings is 1. The molecular formula is C13H16BrClN2O. The van der Waals surface area contributed by atoms with Crippen molar-refractivity contribution in [2.24, 2.45) is 5.92 Å². The van der Waals surface area contributed by atoms with E-state index >= 15 is 0 Å². The molecule has 0 amide bonds. The van der Waals surface area contributed by atoms with E-state index < -0.39 is 0 Å². The van der Waals surface area contributed by atoms with E-state index in [2.05, 4.69) is 38.5 Å². The summed E-state index contributed by atoms with van der Waals surface area (Å²) in [5.41, 5.74) is 2.10. The van der Waals surface area contributed by atoms with Gasteiger partial charge in [0.05, 0.1) is 23.5 Å². The van der Waals surface area contributed by atoms with Crippen molar-refractivity contribution in [3.63, 3.8) is 0 Å². The highest BCUT2D eigenvalue weighted by Gasteiger charge is 2.12. The molecule has 1 aromatic carbocycles. The Labute approximate surface area is 120 Å². The maximum atomic E-state index is 5.98. The Hall–Kier alpha value is -0.580. The normalized spacial score (nSPS) is 13.1. The molecule has 1 atom stereocenters. The number of nitrogens with zero attached hydrogens (tertiary/aromatic N) is 2. The number of halogens is 2. The van der Waals surface area contributed by atoms with Crippen LogP contribution < -0.4 is 0 Å². The molecule has 0 spiro atoms. The summed E-state index contributed by atoms with van der Waals surface area (Å²) in [6.07, 6.45) is 0. The molecule has 1 heterocycles. The van der Waals surface area contributed by atoms with Gasteiger partial charge in [-0.3, -0.25) is 0 Å². The maximum Gasteiger partial charge on any atom is 0.124 e. The quantitative estimate of drug-likeness (QED) is 0.779. The zero-order chi connectivity index (χ0) is 13.1. The Morgan fingerprint density at radius 3 is 2.94 bits per heavy atom. The summed E-state index contributed by atoms with van der Waals surface area (Å²) in [5, 5.41) is 0. The standard InChI is InChI=1S/C13H16BrClN2O/c1-9(8-18-2)7-17-12-4-3-10(14)5-11(12)16-13(17)6-15/h3-5,9H,6-8H2,1-2H3. The number of fused-ring (bicyclic) bond motifs is 1. The Kier molecular flexibility index (Phi) is 4.65. The maximum absolute atomic E-state index is 5.98. The first kappa shape index (κ1) is 13.8. The van der Waals surface area contributed by atoms with E-state index in [1.165, 1.54) is 0 Å². The molecule has 18 heavy (non-hydrogen) atoms. The van der Waals surface area contributed by atoms with Gasteiger partial charge in [-0.25, -0.2) is 4.98 Å². The first-order chi connectivity index (χ1) is 8.65. The predicted octanol–water partition coefficient (Wildman–Crippen LogP) is 3.82. The van der Waals surface area contributed by atoms with Crippen molar-refractivity contribution in [3.8, 4) is 0 Å². The molecule has 0 aliphatic carbocycles. The number of ether oxygens (including phenoxy) is 1. The second-order valence-electron chi connectivity index (χ2n) is 4.47. The van der Waals surface area contributed by atoms with Gasteiger partial charge in [0.1, 0.15) is 5.82 Å². The monoisotopic (exact) mass is 330 g/mol. The van der Waals surface area contributed by atoms with Gasteiger partial charge in [0.25, 0.3) is 0 Å². The molecule has 0 saturated heterocycles. The molecule has 0 aliphatic rings. The molecule has 0 fully saturated rings. The molecule has 0 bridgehead atoms. The lowest BCUT2D eigenvalue weighted by atomic mass is 10.2. The average Bonchev–Trinajstić information content (AvgIpc) is 2.66. The van der Waals surface area contributed by atoms with Crippen LogP contribution in [0.3, 0.4) is 0 Å². The number of alkyl halides is 1. The highest BCUT2D eigenvalue weighted by atomic mass is 79.9. The Morgan fingerprint density at radius 1 is 1.50 bits per heavy atom. The first-order valence-electron chi connectivity index (χ1n) is 5.85. The van der Waals surface area contributed by atoms with E-state index in [0.717, 1.165) is 34.5 Å². The smallest absolute Gasteiger partial charge is 0.124 e. The summed E-state index contributed by atoms with van der Waals surface area (Å²) in [7, 11) is 1.72. The van der Waals surface area contributed by atoms with E-state index in [1.807, 2.05) is 12.1 Å². The van der Waals surface area contributed by atoms with Crippen molar-refractivity contribution >= 4 is 38.6 Å². The van der Waals surface area contributed by atoms with Crippen LogP contribution in [0.15, 0.2) is 22.7 Å². The van der Waals surface area contributed by atoms with Gasteiger partial charge in [-0.05, 0) is 24.1 Å². The Morgan fingerprint density at radius 2 is 2.28 bits per heavy atom. The van der Waals surface area contributed by atoms with Gasteiger partial charge in [0.2, 0.25) is 0 Å². The minimum absolute atomic E-state index is 0.423. The summed E-state index contributed by atoms with van der Waals surface area (Å²) in [4.78, 5) is 4.57. The highest BCUT2D eigenvalue weighted by molar-refractivity contribution is 9.10. The number of methoxy groups -OCH3 is 1. The third kappa shape index (κ3) is 2.87. The molecule has 5 heteroatoms. The van der Waals surface area contributed by atoms with Crippen molar-refractivity contribution < 1.29 is 4.74 Å². The van der Waals surface area contributed by atoms with Crippen molar-refractivity contribution in [3.05, 3.63) is 28.5 Å². The molecule has 98 valence electrons. The van der Waals surface area contributed by atoms with E-state index in [1.54, 1.807) is 7.11 Å². The zero-order valence-electron chi connectivity index (χ0n) is 10.5. The van der Waals surface area contributed by atoms with Gasteiger partial charge in [-0.15, -0.1) is 11.6 Å². The van der Waals surface area contributed by atoms with E-state index in [-0.39, 0.29) is 0 Å². The summed E-state index contributed by atoms with van der Waals surface area (Å²) in [6, 6.07) is 6.12. The van der Waals surface area contributed by atoms with E-state index in [9.17, 15) is 0 Å². The summed E-state index contributed by atoms with van der Waals surface area (Å²) in [5.74, 6) is 1.76. The molecule has 3 nitrogen and oxygen atoms in total. The van der Waals surface area contributed by atoms with Gasteiger partial charge in [0.15, 0.2) is 0 Å². The third-order valence-electron chi connectivity index (χ3n) is 2.85. The minimum atomic E-state index is 0.423. The fraction of sp³-hybridized carbons (Fsp3) is 0.462. The Balaban J connectivity index is 2.40. The Bertz CT molecular complexity index is 541. The predicted molar refractivity (Wildman–Crippen MR) is 78.0 cm³/mol. The minimum Gasteiger partial charge on any atom is -0.384 e. The molecule has 2 aromatic rings. The van der Waals surface area contributed by atoms with Gasteiger partial charge in [-0.2, -0.15) is 0 Å². The van der Waals surface area contributed by atoms with Crippen LogP contribution in [0, 0.1) is 5.92 Å². The first-order valence-corrected chi connectivity index (χ1v) is 7.18. The van der Waals surface area contributed by atoms with Gasteiger partial charge in [0, 0.05) is 18.1 Å². The number of hydrogen-bond donors (Lipinski definition) is 0. The number of imidazole rings is 1. The average molecular weight is 332 g/mol. The van der Waals surface area contributed by atoms with Crippen LogP contribution in [0.5, 0.6) is 0 Å². The van der Waals surface area contributed by atoms with E-state index in [4.69, 9.17) is 16.3 Å². The topological polar surface area (TPSA) is 27.1 Å². The molecule has 2 rings (SSSR count). The molecular weight excluding hydrogens is 316 g/mol. The van der Waals surface area contributed by atoms with Crippen LogP contribution in [-0.4, -0.2) is 23.3 Å². The summed E-state index contributed by atoms with van der Waals surface area (Å²) >= 11 is 9.44. The molecule has 0 aliphatic heterocycles. The van der Waals surface area contributed by atoms with Crippen molar-refractivity contribution in [2.75, 3.05) is 13.7 Å². The van der Waals surface area contributed by atoms with Crippen LogP contribution in [0.4, 0.5) is 0 Å². The van der Waals surface area contributed by atoms with Crippen LogP contribution in [-0.2, 0) is 17.2 Å². The molecule has 1 aromatic heterocycles. The summed E-state index contributed by atoms with van der Waals surface area (Å²) in [6.45, 7) is 3.76. The lowest BCUT2D eigenvalue weighted by molar-refractivity contribution is 0.151. The van der Waals surface area contributed by atoms with Crippen LogP contribution in [0.25, 0.3) is 11.0 Å². The lowest BCUT2D eigenvalue weighted by Crippen LogP contribution is -2.14. The molecule has 0 N–H and O–H groups in total. The van der Waals surface area contributed by atoms with Crippen LogP contribution in [0.1, 0.15) is 12.7 Å². The number of hydrogen-bond acceptors (Lipinski definition) is 2.